The zero-order valence-electron chi connectivity index (χ0n) is 6.06. The number of hydrogen-bond acceptors (Lipinski definition) is 2. The summed E-state index contributed by atoms with van der Waals surface area (Å²) in [6, 6.07) is 5.91. The Balaban J connectivity index is 3.01. The number of aryl methyl sites for hydroxylation is 1. The minimum Gasteiger partial charge on any atom is -0.292 e. The molecule has 2 nitrogen and oxygen atoms in total. The monoisotopic (exact) mass is 258 g/mol. The summed E-state index contributed by atoms with van der Waals surface area (Å²) < 4.78 is 1.07. The second kappa shape index (κ2) is 3.58. The van der Waals surface area contributed by atoms with Crippen LogP contribution in [0.4, 0.5) is 5.69 Å². The van der Waals surface area contributed by atoms with Crippen LogP contribution in [-0.2, 0) is 0 Å². The molecule has 1 aromatic rings. The summed E-state index contributed by atoms with van der Waals surface area (Å²) in [5.41, 5.74) is 2.08. The lowest BCUT2D eigenvalue weighted by atomic mass is 10.2. The van der Waals surface area contributed by atoms with Crippen LogP contribution in [0.3, 0.4) is 0 Å². The van der Waals surface area contributed by atoms with E-state index in [2.05, 4.69) is 27.9 Å². The van der Waals surface area contributed by atoms with Gasteiger partial charge in [0.2, 0.25) is 0 Å². The van der Waals surface area contributed by atoms with E-state index in [-0.39, 0.29) is 0 Å². The van der Waals surface area contributed by atoms with Crippen LogP contribution in [0.25, 0.3) is 0 Å². The van der Waals surface area contributed by atoms with Crippen LogP contribution in [0.2, 0.25) is 0 Å². The third-order valence-corrected chi connectivity index (χ3v) is 2.21. The van der Waals surface area contributed by atoms with Crippen molar-refractivity contribution < 1.29 is 0 Å². The first kappa shape index (κ1) is 8.34. The van der Waals surface area contributed by atoms with Crippen LogP contribution < -0.4 is 5.32 Å². The molecule has 1 rings (SSSR count). The van der Waals surface area contributed by atoms with Crippen LogP contribution in [0.5, 0.6) is 0 Å². The van der Waals surface area contributed by atoms with E-state index in [9.17, 15) is 0 Å². The number of benzene rings is 1. The van der Waals surface area contributed by atoms with Gasteiger partial charge in [0.15, 0.2) is 6.19 Å². The Hall–Kier alpha value is -0.760. The van der Waals surface area contributed by atoms with Crippen molar-refractivity contribution in [1.82, 2.24) is 0 Å². The van der Waals surface area contributed by atoms with Crippen LogP contribution >= 0.6 is 22.6 Å². The molecular weight excluding hydrogens is 251 g/mol. The van der Waals surface area contributed by atoms with Crippen molar-refractivity contribution in [2.45, 2.75) is 6.92 Å². The lowest BCUT2D eigenvalue weighted by molar-refractivity contribution is 1.42. The first-order valence-corrected chi connectivity index (χ1v) is 4.23. The summed E-state index contributed by atoms with van der Waals surface area (Å²) in [6.45, 7) is 2.03. The molecule has 0 aliphatic heterocycles. The zero-order chi connectivity index (χ0) is 8.27. The summed E-state index contributed by atoms with van der Waals surface area (Å²) in [5.74, 6) is 0. The van der Waals surface area contributed by atoms with Crippen molar-refractivity contribution in [3.05, 3.63) is 27.3 Å². The Morgan fingerprint density at radius 3 is 2.82 bits per heavy atom. The minimum atomic E-state index is 0.874. The first-order chi connectivity index (χ1) is 5.24. The van der Waals surface area contributed by atoms with E-state index in [0.717, 1.165) is 9.26 Å². The van der Waals surface area contributed by atoms with E-state index in [1.54, 1.807) is 0 Å². The summed E-state index contributed by atoms with van der Waals surface area (Å²) in [6.07, 6.45) is 1.89. The molecule has 0 radical (unpaired) electrons. The molecule has 0 aliphatic carbocycles. The molecule has 0 saturated heterocycles. The van der Waals surface area contributed by atoms with Gasteiger partial charge in [-0.2, -0.15) is 5.26 Å². The largest absolute Gasteiger partial charge is 0.292 e. The molecule has 0 heterocycles. The highest BCUT2D eigenvalue weighted by molar-refractivity contribution is 14.1. The Morgan fingerprint density at radius 1 is 1.55 bits per heavy atom. The molecule has 0 atom stereocenters. The van der Waals surface area contributed by atoms with Crippen LogP contribution in [-0.4, -0.2) is 0 Å². The predicted octanol–water partition coefficient (Wildman–Crippen LogP) is 2.49. The van der Waals surface area contributed by atoms with Gasteiger partial charge in [0.1, 0.15) is 0 Å². The van der Waals surface area contributed by atoms with E-state index in [1.165, 1.54) is 5.56 Å². The highest BCUT2D eigenvalue weighted by Crippen LogP contribution is 2.18. The number of anilines is 1. The molecule has 0 unspecified atom stereocenters. The fourth-order valence-corrected chi connectivity index (χ4v) is 1.59. The maximum absolute atomic E-state index is 8.35. The average Bonchev–Trinajstić information content (AvgIpc) is 1.95. The molecular formula is C8H7IN2. The molecule has 0 saturated carbocycles. The normalized spacial score (nSPS) is 8.82. The van der Waals surface area contributed by atoms with Gasteiger partial charge in [-0.25, -0.2) is 0 Å². The fourth-order valence-electron chi connectivity index (χ4n) is 0.782. The van der Waals surface area contributed by atoms with Gasteiger partial charge in [-0.15, -0.1) is 0 Å². The van der Waals surface area contributed by atoms with Crippen molar-refractivity contribution >= 4 is 28.3 Å². The van der Waals surface area contributed by atoms with Gasteiger partial charge < -0.3 is 0 Å². The zero-order valence-corrected chi connectivity index (χ0v) is 8.21. The maximum Gasteiger partial charge on any atom is 0.181 e. The quantitative estimate of drug-likeness (QED) is 0.477. The summed E-state index contributed by atoms with van der Waals surface area (Å²) in [4.78, 5) is 0. The molecule has 0 aromatic heterocycles. The van der Waals surface area contributed by atoms with E-state index in [0.29, 0.717) is 0 Å². The van der Waals surface area contributed by atoms with Crippen molar-refractivity contribution in [3.63, 3.8) is 0 Å². The number of rotatable bonds is 1. The predicted molar refractivity (Wildman–Crippen MR) is 53.1 cm³/mol. The average molecular weight is 258 g/mol. The van der Waals surface area contributed by atoms with Crippen molar-refractivity contribution in [2.24, 2.45) is 0 Å². The number of nitrogens with zero attached hydrogens (tertiary/aromatic N) is 1. The molecule has 0 aliphatic rings. The van der Waals surface area contributed by atoms with E-state index in [4.69, 9.17) is 5.26 Å². The summed E-state index contributed by atoms with van der Waals surface area (Å²) in [7, 11) is 0. The Kier molecular flexibility index (Phi) is 2.71. The standard InChI is InChI=1S/C8H7IN2/c1-6-2-3-8(11-5-10)7(9)4-6/h2-4,11H,1H3. The molecule has 11 heavy (non-hydrogen) atoms. The summed E-state index contributed by atoms with van der Waals surface area (Å²) >= 11 is 2.20. The molecule has 1 aromatic carbocycles. The second-order valence-electron chi connectivity index (χ2n) is 2.22. The van der Waals surface area contributed by atoms with E-state index >= 15 is 0 Å². The van der Waals surface area contributed by atoms with Gasteiger partial charge in [-0.05, 0) is 47.2 Å². The first-order valence-electron chi connectivity index (χ1n) is 3.15. The van der Waals surface area contributed by atoms with Crippen LogP contribution in [0, 0.1) is 21.9 Å². The van der Waals surface area contributed by atoms with Crippen LogP contribution in [0.1, 0.15) is 5.56 Å². The third kappa shape index (κ3) is 2.09. The molecule has 56 valence electrons. The Bertz CT molecular complexity index is 301. The molecule has 0 amide bonds. The van der Waals surface area contributed by atoms with Gasteiger partial charge in [0.05, 0.1) is 5.69 Å². The molecule has 3 heteroatoms. The highest BCUT2D eigenvalue weighted by atomic mass is 127. The number of hydrogen-bond donors (Lipinski definition) is 1. The van der Waals surface area contributed by atoms with Crippen molar-refractivity contribution in [3.8, 4) is 6.19 Å². The van der Waals surface area contributed by atoms with Crippen molar-refractivity contribution in [2.75, 3.05) is 5.32 Å². The Labute approximate surface area is 79.4 Å². The van der Waals surface area contributed by atoms with Crippen LogP contribution in [0.15, 0.2) is 18.2 Å². The molecule has 0 bridgehead atoms. The van der Waals surface area contributed by atoms with Gasteiger partial charge in [-0.1, -0.05) is 6.07 Å². The summed E-state index contributed by atoms with van der Waals surface area (Å²) in [5, 5.41) is 11.0. The number of nitriles is 1. The lowest BCUT2D eigenvalue weighted by Crippen LogP contribution is -1.90. The second-order valence-corrected chi connectivity index (χ2v) is 3.38. The molecule has 0 spiro atoms. The fraction of sp³-hybridized carbons (Fsp3) is 0.125. The van der Waals surface area contributed by atoms with E-state index < -0.39 is 0 Å². The third-order valence-electron chi connectivity index (χ3n) is 1.32. The molecule has 0 fully saturated rings. The van der Waals surface area contributed by atoms with Gasteiger partial charge in [-0.3, -0.25) is 5.32 Å². The SMILES string of the molecule is Cc1ccc(NC#N)c(I)c1. The number of nitrogens with one attached hydrogen (secondary N) is 1. The van der Waals surface area contributed by atoms with Gasteiger partial charge in [0, 0.05) is 3.57 Å². The number of halogens is 1. The topological polar surface area (TPSA) is 35.8 Å². The smallest absolute Gasteiger partial charge is 0.181 e. The Morgan fingerprint density at radius 2 is 2.27 bits per heavy atom. The highest BCUT2D eigenvalue weighted by Gasteiger charge is 1.96. The lowest BCUT2D eigenvalue weighted by Gasteiger charge is -2.00. The molecule has 1 N–H and O–H groups in total. The maximum atomic E-state index is 8.35. The van der Waals surface area contributed by atoms with Gasteiger partial charge in [0.25, 0.3) is 0 Å². The minimum absolute atomic E-state index is 0.874. The van der Waals surface area contributed by atoms with Crippen molar-refractivity contribution in [1.29, 1.82) is 5.26 Å². The van der Waals surface area contributed by atoms with Gasteiger partial charge >= 0.3 is 0 Å². The van der Waals surface area contributed by atoms with E-state index in [1.807, 2.05) is 31.3 Å².